The maximum Gasteiger partial charge on any atom is 0.419 e. The number of benzene rings is 2. The van der Waals surface area contributed by atoms with E-state index in [1.807, 2.05) is 0 Å². The summed E-state index contributed by atoms with van der Waals surface area (Å²) >= 11 is 0. The number of hydrogen-bond acceptors (Lipinski definition) is 7. The van der Waals surface area contributed by atoms with Gasteiger partial charge in [-0.05, 0) is 50.1 Å². The number of aryl methyl sites for hydroxylation is 1. The number of nitrogens with zero attached hydrogens (tertiary/aromatic N) is 2. The van der Waals surface area contributed by atoms with Crippen LogP contribution in [0.3, 0.4) is 0 Å². The Kier molecular flexibility index (Phi) is 6.58. The summed E-state index contributed by atoms with van der Waals surface area (Å²) in [5.74, 6) is -1.95. The van der Waals surface area contributed by atoms with Crippen LogP contribution in [0.15, 0.2) is 56.6 Å². The molecule has 3 aromatic rings. The monoisotopic (exact) mass is 487 g/mol. The Labute approximate surface area is 196 Å². The van der Waals surface area contributed by atoms with E-state index in [0.29, 0.717) is 29.6 Å². The van der Waals surface area contributed by atoms with E-state index >= 15 is 0 Å². The molecule has 34 heavy (non-hydrogen) atoms. The van der Waals surface area contributed by atoms with Crippen molar-refractivity contribution in [3.8, 4) is 0 Å². The van der Waals surface area contributed by atoms with Gasteiger partial charge >= 0.3 is 11.7 Å². The molecule has 1 fully saturated rings. The van der Waals surface area contributed by atoms with Gasteiger partial charge in [0, 0.05) is 31.9 Å². The van der Waals surface area contributed by atoms with Gasteiger partial charge in [-0.25, -0.2) is 18.0 Å². The minimum Gasteiger partial charge on any atom is -0.462 e. The van der Waals surface area contributed by atoms with E-state index in [1.165, 1.54) is 33.1 Å². The summed E-state index contributed by atoms with van der Waals surface area (Å²) < 4.78 is 39.2. The second kappa shape index (κ2) is 9.43. The van der Waals surface area contributed by atoms with Crippen molar-refractivity contribution >= 4 is 38.7 Å². The topological polar surface area (TPSA) is 128 Å². The average Bonchev–Trinajstić information content (AvgIpc) is 3.12. The third-order valence-electron chi connectivity index (χ3n) is 5.80. The van der Waals surface area contributed by atoms with Crippen molar-refractivity contribution in [3.63, 3.8) is 0 Å². The van der Waals surface area contributed by atoms with Crippen LogP contribution in [0, 0.1) is 5.92 Å². The first-order valence-electron chi connectivity index (χ1n) is 10.9. The van der Waals surface area contributed by atoms with Crippen molar-refractivity contribution in [2.75, 3.05) is 25.0 Å². The number of carbonyl (C=O) groups excluding carboxylic acids is 2. The Balaban J connectivity index is 1.49. The summed E-state index contributed by atoms with van der Waals surface area (Å²) in [6.45, 7) is 2.25. The van der Waals surface area contributed by atoms with Crippen LogP contribution < -0.4 is 11.1 Å². The lowest BCUT2D eigenvalue weighted by Crippen LogP contribution is -2.43. The highest BCUT2D eigenvalue weighted by Crippen LogP contribution is 2.27. The van der Waals surface area contributed by atoms with Gasteiger partial charge in [0.15, 0.2) is 5.58 Å². The number of anilines is 1. The number of carbonyl (C=O) groups is 2. The third kappa shape index (κ3) is 4.62. The summed E-state index contributed by atoms with van der Waals surface area (Å²) in [7, 11) is -2.36. The molecule has 0 saturated carbocycles. The second-order valence-electron chi connectivity index (χ2n) is 8.05. The van der Waals surface area contributed by atoms with E-state index in [0.717, 1.165) is 0 Å². The standard InChI is InChI=1S/C23H25N3O7S/c1-3-32-22(28)15-6-4-8-17(12-15)24-21(27)16-7-5-11-26(14-16)34(30,31)18-9-10-19-20(13-18)33-23(29)25(19)2/h4,6,8-10,12-13,16H,3,5,7,11,14H2,1-2H3,(H,24,27)/t16-/m1/s1. The number of fused-ring (bicyclic) bond motifs is 1. The number of aromatic nitrogens is 1. The lowest BCUT2D eigenvalue weighted by atomic mass is 9.98. The Morgan fingerprint density at radius 2 is 2.00 bits per heavy atom. The van der Waals surface area contributed by atoms with Gasteiger partial charge in [-0.3, -0.25) is 9.36 Å². The summed E-state index contributed by atoms with van der Waals surface area (Å²) in [4.78, 5) is 36.6. The smallest absolute Gasteiger partial charge is 0.419 e. The fraction of sp³-hybridized carbons (Fsp3) is 0.348. The van der Waals surface area contributed by atoms with Gasteiger partial charge in [-0.1, -0.05) is 6.07 Å². The van der Waals surface area contributed by atoms with Crippen LogP contribution in [0.25, 0.3) is 11.1 Å². The lowest BCUT2D eigenvalue weighted by Gasteiger charge is -2.31. The van der Waals surface area contributed by atoms with Crippen LogP contribution in [-0.4, -0.2) is 48.9 Å². The molecule has 0 unspecified atom stereocenters. The molecule has 0 aliphatic carbocycles. The van der Waals surface area contributed by atoms with Crippen LogP contribution in [-0.2, 0) is 26.6 Å². The number of rotatable bonds is 6. The maximum atomic E-state index is 13.2. The minimum atomic E-state index is -3.90. The largest absolute Gasteiger partial charge is 0.462 e. The predicted octanol–water partition coefficient (Wildman–Crippen LogP) is 2.35. The number of sulfonamides is 1. The fourth-order valence-electron chi connectivity index (χ4n) is 3.98. The van der Waals surface area contributed by atoms with Gasteiger partial charge in [-0.15, -0.1) is 0 Å². The number of oxazole rings is 1. The fourth-order valence-corrected chi connectivity index (χ4v) is 5.52. The lowest BCUT2D eigenvalue weighted by molar-refractivity contribution is -0.120. The van der Waals surface area contributed by atoms with Crippen LogP contribution in [0.1, 0.15) is 30.1 Å². The third-order valence-corrected chi connectivity index (χ3v) is 7.66. The molecule has 1 N–H and O–H groups in total. The van der Waals surface area contributed by atoms with E-state index in [9.17, 15) is 22.8 Å². The minimum absolute atomic E-state index is 0.00227. The summed E-state index contributed by atoms with van der Waals surface area (Å²) in [5, 5.41) is 2.77. The van der Waals surface area contributed by atoms with Crippen LogP contribution in [0.4, 0.5) is 5.69 Å². The first-order valence-corrected chi connectivity index (χ1v) is 12.3. The molecule has 4 rings (SSSR count). The van der Waals surface area contributed by atoms with E-state index in [2.05, 4.69) is 5.32 Å². The summed E-state index contributed by atoms with van der Waals surface area (Å²) in [6.07, 6.45) is 1.05. The molecule has 0 spiro atoms. The average molecular weight is 488 g/mol. The Morgan fingerprint density at radius 1 is 1.21 bits per heavy atom. The first kappa shape index (κ1) is 23.7. The first-order chi connectivity index (χ1) is 16.2. The SMILES string of the molecule is CCOC(=O)c1cccc(NC(=O)[C@@H]2CCCN(S(=O)(=O)c3ccc4c(c3)oc(=O)n4C)C2)c1. The van der Waals surface area contributed by atoms with Gasteiger partial charge in [0.2, 0.25) is 15.9 Å². The Hall–Kier alpha value is -3.44. The molecule has 180 valence electrons. The molecule has 2 aromatic carbocycles. The highest BCUT2D eigenvalue weighted by atomic mass is 32.2. The molecule has 1 atom stereocenters. The molecular weight excluding hydrogens is 462 g/mol. The molecule has 11 heteroatoms. The summed E-state index contributed by atoms with van der Waals surface area (Å²) in [5.41, 5.74) is 1.42. The number of piperidine rings is 1. The quantitative estimate of drug-likeness (QED) is 0.529. The normalized spacial score (nSPS) is 16.9. The number of esters is 1. The van der Waals surface area contributed by atoms with Gasteiger partial charge in [0.1, 0.15) is 0 Å². The van der Waals surface area contributed by atoms with E-state index in [-0.39, 0.29) is 36.1 Å². The summed E-state index contributed by atoms with van der Waals surface area (Å²) in [6, 6.07) is 10.7. The molecule has 10 nitrogen and oxygen atoms in total. The van der Waals surface area contributed by atoms with Crippen molar-refractivity contribution in [1.82, 2.24) is 8.87 Å². The molecule has 1 saturated heterocycles. The highest BCUT2D eigenvalue weighted by molar-refractivity contribution is 7.89. The predicted molar refractivity (Wildman–Crippen MR) is 124 cm³/mol. The van der Waals surface area contributed by atoms with Gasteiger partial charge in [0.05, 0.1) is 28.5 Å². The molecule has 0 bridgehead atoms. The molecular formula is C23H25N3O7S. The van der Waals surface area contributed by atoms with E-state index < -0.39 is 27.7 Å². The zero-order valence-corrected chi connectivity index (χ0v) is 19.6. The molecule has 1 amide bonds. The number of nitrogens with one attached hydrogen (secondary N) is 1. The van der Waals surface area contributed by atoms with Crippen LogP contribution >= 0.6 is 0 Å². The van der Waals surface area contributed by atoms with Gasteiger partial charge < -0.3 is 14.5 Å². The zero-order valence-electron chi connectivity index (χ0n) is 18.8. The Bertz CT molecular complexity index is 1410. The molecule has 1 aliphatic heterocycles. The van der Waals surface area contributed by atoms with Crippen LogP contribution in [0.5, 0.6) is 0 Å². The van der Waals surface area contributed by atoms with Crippen molar-refractivity contribution in [2.45, 2.75) is 24.7 Å². The van der Waals surface area contributed by atoms with Crippen molar-refractivity contribution in [3.05, 3.63) is 58.6 Å². The van der Waals surface area contributed by atoms with Crippen molar-refractivity contribution in [2.24, 2.45) is 13.0 Å². The zero-order chi connectivity index (χ0) is 24.5. The molecule has 1 aliphatic rings. The Morgan fingerprint density at radius 3 is 2.76 bits per heavy atom. The van der Waals surface area contributed by atoms with Gasteiger partial charge in [-0.2, -0.15) is 4.31 Å². The van der Waals surface area contributed by atoms with Gasteiger partial charge in [0.25, 0.3) is 0 Å². The maximum absolute atomic E-state index is 13.2. The van der Waals surface area contributed by atoms with E-state index in [4.69, 9.17) is 9.15 Å². The molecule has 2 heterocycles. The van der Waals surface area contributed by atoms with Crippen molar-refractivity contribution < 1.29 is 27.2 Å². The number of hydrogen-bond donors (Lipinski definition) is 1. The molecule has 0 radical (unpaired) electrons. The van der Waals surface area contributed by atoms with Crippen LogP contribution in [0.2, 0.25) is 0 Å². The highest BCUT2D eigenvalue weighted by Gasteiger charge is 2.33. The number of ether oxygens (including phenoxy) is 1. The molecule has 1 aromatic heterocycles. The second-order valence-corrected chi connectivity index (χ2v) is 9.99. The van der Waals surface area contributed by atoms with Crippen molar-refractivity contribution in [1.29, 1.82) is 0 Å². The van der Waals surface area contributed by atoms with E-state index in [1.54, 1.807) is 32.2 Å². The number of amides is 1.